The predicted molar refractivity (Wildman–Crippen MR) is 83.5 cm³/mol. The lowest BCUT2D eigenvalue weighted by atomic mass is 10.2. The average Bonchev–Trinajstić information content (AvgIpc) is 2.84. The molecule has 0 radical (unpaired) electrons. The molecule has 0 bridgehead atoms. The van der Waals surface area contributed by atoms with E-state index < -0.39 is 0 Å². The minimum Gasteiger partial charge on any atom is -0.378 e. The van der Waals surface area contributed by atoms with Gasteiger partial charge in [-0.2, -0.15) is 0 Å². The summed E-state index contributed by atoms with van der Waals surface area (Å²) in [5.74, 6) is 0.908. The van der Waals surface area contributed by atoms with E-state index in [9.17, 15) is 0 Å². The van der Waals surface area contributed by atoms with Crippen molar-refractivity contribution in [3.05, 3.63) is 34.9 Å². The highest BCUT2D eigenvalue weighted by Gasteiger charge is 2.04. The Bertz CT molecular complexity index is 510. The number of H-pyrrole nitrogens is 1. The van der Waals surface area contributed by atoms with Crippen molar-refractivity contribution in [2.45, 2.75) is 25.1 Å². The fraction of sp³-hybridized carbons (Fsp3) is 0.357. The van der Waals surface area contributed by atoms with Crippen LogP contribution in [-0.4, -0.2) is 28.4 Å². The van der Waals surface area contributed by atoms with Crippen LogP contribution in [0.15, 0.2) is 40.1 Å². The van der Waals surface area contributed by atoms with Crippen molar-refractivity contribution in [1.29, 1.82) is 0 Å². The fourth-order valence-electron chi connectivity index (χ4n) is 1.57. The van der Waals surface area contributed by atoms with Crippen LogP contribution in [0.25, 0.3) is 11.3 Å². The predicted octanol–water partition coefficient (Wildman–Crippen LogP) is 4.36. The summed E-state index contributed by atoms with van der Waals surface area (Å²) < 4.78 is 6.58. The van der Waals surface area contributed by atoms with Crippen LogP contribution < -0.4 is 0 Å². The van der Waals surface area contributed by atoms with Gasteiger partial charge in [0.05, 0.1) is 24.6 Å². The van der Waals surface area contributed by atoms with E-state index >= 15 is 0 Å². The summed E-state index contributed by atoms with van der Waals surface area (Å²) in [4.78, 5) is 7.69. The first-order chi connectivity index (χ1) is 9.15. The van der Waals surface area contributed by atoms with Crippen molar-refractivity contribution in [2.24, 2.45) is 0 Å². The van der Waals surface area contributed by atoms with Gasteiger partial charge < -0.3 is 9.72 Å². The molecule has 0 spiro atoms. The van der Waals surface area contributed by atoms with Gasteiger partial charge in [0, 0.05) is 10.2 Å². The topological polar surface area (TPSA) is 37.9 Å². The number of halogens is 1. The standard InChI is InChI=1S/C14H17BrN2OS/c1-10(2)18-7-8-19-14-16-9-13(17-14)11-3-5-12(15)6-4-11/h3-6,9-10H,7-8H2,1-2H3,(H,16,17). The quantitative estimate of drug-likeness (QED) is 0.627. The molecule has 0 amide bonds. The van der Waals surface area contributed by atoms with Crippen LogP contribution in [0.1, 0.15) is 13.8 Å². The number of aromatic amines is 1. The van der Waals surface area contributed by atoms with E-state index in [1.807, 2.05) is 32.2 Å². The number of hydrogen-bond acceptors (Lipinski definition) is 3. The van der Waals surface area contributed by atoms with E-state index in [4.69, 9.17) is 4.74 Å². The molecule has 1 N–H and O–H groups in total. The Morgan fingerprint density at radius 1 is 1.32 bits per heavy atom. The molecule has 1 aromatic heterocycles. The van der Waals surface area contributed by atoms with Gasteiger partial charge in [-0.1, -0.05) is 39.8 Å². The molecule has 3 nitrogen and oxygen atoms in total. The van der Waals surface area contributed by atoms with Crippen molar-refractivity contribution in [3.63, 3.8) is 0 Å². The molecule has 2 aromatic rings. The van der Waals surface area contributed by atoms with Crippen molar-refractivity contribution in [3.8, 4) is 11.3 Å². The molecule has 0 aliphatic carbocycles. The molecule has 5 heteroatoms. The second kappa shape index (κ2) is 7.12. The second-order valence-corrected chi connectivity index (χ2v) is 6.38. The number of benzene rings is 1. The summed E-state index contributed by atoms with van der Waals surface area (Å²) in [5, 5.41) is 0.935. The molecule has 0 aliphatic heterocycles. The van der Waals surface area contributed by atoms with Gasteiger partial charge in [0.25, 0.3) is 0 Å². The highest BCUT2D eigenvalue weighted by Crippen LogP contribution is 2.23. The molecule has 19 heavy (non-hydrogen) atoms. The third-order valence-electron chi connectivity index (χ3n) is 2.48. The largest absolute Gasteiger partial charge is 0.378 e. The third-order valence-corrected chi connectivity index (χ3v) is 3.86. The van der Waals surface area contributed by atoms with Gasteiger partial charge in [0.15, 0.2) is 5.16 Å². The Kier molecular flexibility index (Phi) is 5.48. The minimum absolute atomic E-state index is 0.288. The van der Waals surface area contributed by atoms with Crippen molar-refractivity contribution >= 4 is 27.7 Å². The molecule has 0 aliphatic rings. The fourth-order valence-corrected chi connectivity index (χ4v) is 2.52. The van der Waals surface area contributed by atoms with Gasteiger partial charge in [-0.3, -0.25) is 0 Å². The Hall–Kier alpha value is -0.780. The summed E-state index contributed by atoms with van der Waals surface area (Å²) >= 11 is 5.11. The molecule has 1 heterocycles. The summed E-state index contributed by atoms with van der Waals surface area (Å²) in [6.45, 7) is 4.84. The zero-order valence-corrected chi connectivity index (χ0v) is 13.4. The third kappa shape index (κ3) is 4.67. The summed E-state index contributed by atoms with van der Waals surface area (Å²) in [6, 6.07) is 8.18. The Morgan fingerprint density at radius 3 is 2.74 bits per heavy atom. The van der Waals surface area contributed by atoms with Crippen LogP contribution in [-0.2, 0) is 4.74 Å². The van der Waals surface area contributed by atoms with E-state index in [1.165, 1.54) is 0 Å². The number of nitrogens with zero attached hydrogens (tertiary/aromatic N) is 1. The molecule has 0 fully saturated rings. The molecule has 0 atom stereocenters. The number of imidazole rings is 1. The summed E-state index contributed by atoms with van der Waals surface area (Å²) in [7, 11) is 0. The maximum Gasteiger partial charge on any atom is 0.165 e. The smallest absolute Gasteiger partial charge is 0.165 e. The molecular weight excluding hydrogens is 324 g/mol. The first kappa shape index (κ1) is 14.6. The highest BCUT2D eigenvalue weighted by molar-refractivity contribution is 9.10. The van der Waals surface area contributed by atoms with Crippen LogP contribution in [0.5, 0.6) is 0 Å². The number of aromatic nitrogens is 2. The van der Waals surface area contributed by atoms with Crippen LogP contribution in [0.4, 0.5) is 0 Å². The lowest BCUT2D eigenvalue weighted by Crippen LogP contribution is -2.05. The molecule has 1 aromatic carbocycles. The monoisotopic (exact) mass is 340 g/mol. The van der Waals surface area contributed by atoms with E-state index in [2.05, 4.69) is 38.0 Å². The van der Waals surface area contributed by atoms with Gasteiger partial charge >= 0.3 is 0 Å². The van der Waals surface area contributed by atoms with Crippen LogP contribution in [0.2, 0.25) is 0 Å². The van der Waals surface area contributed by atoms with Crippen LogP contribution in [0, 0.1) is 0 Å². The maximum absolute atomic E-state index is 5.50. The Morgan fingerprint density at radius 2 is 2.05 bits per heavy atom. The van der Waals surface area contributed by atoms with E-state index in [-0.39, 0.29) is 6.10 Å². The van der Waals surface area contributed by atoms with Gasteiger partial charge in [0.1, 0.15) is 0 Å². The molecule has 0 unspecified atom stereocenters. The van der Waals surface area contributed by atoms with Gasteiger partial charge in [-0.05, 0) is 31.5 Å². The average molecular weight is 341 g/mol. The summed E-state index contributed by atoms with van der Waals surface area (Å²) in [5.41, 5.74) is 2.18. The Balaban J connectivity index is 1.90. The number of thioether (sulfide) groups is 1. The van der Waals surface area contributed by atoms with E-state index in [0.717, 1.165) is 33.2 Å². The SMILES string of the molecule is CC(C)OCCSc1ncc(-c2ccc(Br)cc2)[nH]1. The van der Waals surface area contributed by atoms with Crippen molar-refractivity contribution in [1.82, 2.24) is 9.97 Å². The normalized spacial score (nSPS) is 11.2. The van der Waals surface area contributed by atoms with Crippen molar-refractivity contribution < 1.29 is 4.74 Å². The van der Waals surface area contributed by atoms with E-state index in [1.54, 1.807) is 11.8 Å². The first-order valence-corrected chi connectivity index (χ1v) is 7.98. The minimum atomic E-state index is 0.288. The highest BCUT2D eigenvalue weighted by atomic mass is 79.9. The van der Waals surface area contributed by atoms with Crippen LogP contribution in [0.3, 0.4) is 0 Å². The van der Waals surface area contributed by atoms with Crippen molar-refractivity contribution in [2.75, 3.05) is 12.4 Å². The number of ether oxygens (including phenoxy) is 1. The zero-order valence-electron chi connectivity index (χ0n) is 11.0. The zero-order chi connectivity index (χ0) is 13.7. The lowest BCUT2D eigenvalue weighted by molar-refractivity contribution is 0.0920. The van der Waals surface area contributed by atoms with Crippen LogP contribution >= 0.6 is 27.7 Å². The second-order valence-electron chi connectivity index (χ2n) is 4.38. The number of nitrogens with one attached hydrogen (secondary N) is 1. The molecule has 0 saturated carbocycles. The lowest BCUT2D eigenvalue weighted by Gasteiger charge is -2.05. The molecular formula is C14H17BrN2OS. The number of hydrogen-bond donors (Lipinski definition) is 1. The van der Waals surface area contributed by atoms with Gasteiger partial charge in [0.2, 0.25) is 0 Å². The number of rotatable bonds is 6. The molecule has 2 rings (SSSR count). The Labute approximate surface area is 126 Å². The molecule has 102 valence electrons. The summed E-state index contributed by atoms with van der Waals surface area (Å²) in [6.07, 6.45) is 2.16. The van der Waals surface area contributed by atoms with E-state index in [0.29, 0.717) is 0 Å². The van der Waals surface area contributed by atoms with Gasteiger partial charge in [-0.25, -0.2) is 4.98 Å². The first-order valence-electron chi connectivity index (χ1n) is 6.20. The molecule has 0 saturated heterocycles. The maximum atomic E-state index is 5.50. The van der Waals surface area contributed by atoms with Gasteiger partial charge in [-0.15, -0.1) is 0 Å².